The van der Waals surface area contributed by atoms with Gasteiger partial charge in [0.25, 0.3) is 0 Å². The molecule has 2 heterocycles. The first kappa shape index (κ1) is 12.6. The summed E-state index contributed by atoms with van der Waals surface area (Å²) in [5, 5.41) is 13.1. The van der Waals surface area contributed by atoms with Crippen LogP contribution in [0.25, 0.3) is 17.2 Å². The molecule has 1 fully saturated rings. The number of carboxylic acids is 1. The summed E-state index contributed by atoms with van der Waals surface area (Å²) in [7, 11) is 0. The maximum atomic E-state index is 10.6. The Morgan fingerprint density at radius 3 is 3.05 bits per heavy atom. The lowest BCUT2D eigenvalue weighted by molar-refractivity contribution is -0.131. The Kier molecular flexibility index (Phi) is 3.33. The Morgan fingerprint density at radius 1 is 1.45 bits per heavy atom. The van der Waals surface area contributed by atoms with Gasteiger partial charge in [-0.15, -0.1) is 0 Å². The van der Waals surface area contributed by atoms with Crippen LogP contribution in [0.2, 0.25) is 0 Å². The first-order chi connectivity index (χ1) is 9.72. The summed E-state index contributed by atoms with van der Waals surface area (Å²) in [6, 6.07) is 1.88. The minimum absolute atomic E-state index is 0.770. The summed E-state index contributed by atoms with van der Waals surface area (Å²) in [5.41, 5.74) is 2.71. The highest BCUT2D eigenvalue weighted by molar-refractivity contribution is 5.87. The largest absolute Gasteiger partial charge is 0.478 e. The molecule has 0 aliphatic heterocycles. The first-order valence-electron chi connectivity index (χ1n) is 6.60. The third kappa shape index (κ3) is 2.93. The summed E-state index contributed by atoms with van der Waals surface area (Å²) in [6.07, 6.45) is 12.4. The third-order valence-corrected chi connectivity index (χ3v) is 3.34. The molecule has 20 heavy (non-hydrogen) atoms. The first-order valence-corrected chi connectivity index (χ1v) is 6.60. The smallest absolute Gasteiger partial charge is 0.328 e. The summed E-state index contributed by atoms with van der Waals surface area (Å²) in [6.45, 7) is 0.964. The Morgan fingerprint density at radius 2 is 2.30 bits per heavy atom. The molecule has 1 aliphatic rings. The molecule has 5 heteroatoms. The van der Waals surface area contributed by atoms with E-state index in [1.807, 2.05) is 23.1 Å². The molecule has 1 saturated carbocycles. The normalized spacial score (nSPS) is 14.8. The molecule has 2 aromatic rings. The van der Waals surface area contributed by atoms with Crippen molar-refractivity contribution >= 4 is 12.0 Å². The van der Waals surface area contributed by atoms with E-state index < -0.39 is 5.97 Å². The van der Waals surface area contributed by atoms with Crippen LogP contribution in [-0.2, 0) is 11.3 Å². The van der Waals surface area contributed by atoms with Crippen LogP contribution in [0.5, 0.6) is 0 Å². The predicted octanol–water partition coefficient (Wildman–Crippen LogP) is 2.45. The number of pyridine rings is 1. The highest BCUT2D eigenvalue weighted by Crippen LogP contribution is 2.31. The van der Waals surface area contributed by atoms with E-state index in [2.05, 4.69) is 10.1 Å². The van der Waals surface area contributed by atoms with Gasteiger partial charge in [0.1, 0.15) is 0 Å². The van der Waals surface area contributed by atoms with Crippen molar-refractivity contribution in [3.63, 3.8) is 0 Å². The Labute approximate surface area is 116 Å². The second-order valence-electron chi connectivity index (χ2n) is 5.03. The standard InChI is InChI=1S/C15H15N3O2/c19-15(20)4-3-12-7-16-6-5-14(12)13-8-17-18(10-13)9-11-1-2-11/h3-8,10-11H,1-2,9H2,(H,19,20). The van der Waals surface area contributed by atoms with Crippen molar-refractivity contribution < 1.29 is 9.90 Å². The predicted molar refractivity (Wildman–Crippen MR) is 74.9 cm³/mol. The molecule has 5 nitrogen and oxygen atoms in total. The second kappa shape index (κ2) is 5.28. The van der Waals surface area contributed by atoms with Crippen molar-refractivity contribution in [3.8, 4) is 11.1 Å². The van der Waals surface area contributed by atoms with Crippen LogP contribution in [-0.4, -0.2) is 25.8 Å². The number of nitrogens with zero attached hydrogens (tertiary/aromatic N) is 3. The number of aliphatic carboxylic acids is 1. The molecule has 0 amide bonds. The fraction of sp³-hybridized carbons (Fsp3) is 0.267. The van der Waals surface area contributed by atoms with Crippen LogP contribution in [0.4, 0.5) is 0 Å². The Hall–Kier alpha value is -2.43. The maximum absolute atomic E-state index is 10.6. The van der Waals surface area contributed by atoms with Crippen LogP contribution in [0.1, 0.15) is 18.4 Å². The monoisotopic (exact) mass is 269 g/mol. The van der Waals surface area contributed by atoms with Crippen molar-refractivity contribution in [2.45, 2.75) is 19.4 Å². The molecule has 1 N–H and O–H groups in total. The molecule has 0 radical (unpaired) electrons. The quantitative estimate of drug-likeness (QED) is 0.846. The molecular formula is C15H15N3O2. The molecule has 0 bridgehead atoms. The molecule has 0 spiro atoms. The average Bonchev–Trinajstić information content (AvgIpc) is 3.13. The van der Waals surface area contributed by atoms with Gasteiger partial charge in [0.05, 0.1) is 6.20 Å². The summed E-state index contributed by atoms with van der Waals surface area (Å²) in [4.78, 5) is 14.7. The zero-order chi connectivity index (χ0) is 13.9. The number of carbonyl (C=O) groups is 1. The zero-order valence-corrected chi connectivity index (χ0v) is 10.9. The zero-order valence-electron chi connectivity index (χ0n) is 10.9. The van der Waals surface area contributed by atoms with Gasteiger partial charge in [-0.3, -0.25) is 9.67 Å². The van der Waals surface area contributed by atoms with Gasteiger partial charge in [0.2, 0.25) is 0 Å². The summed E-state index contributed by atoms with van der Waals surface area (Å²) >= 11 is 0. The van der Waals surface area contributed by atoms with Gasteiger partial charge in [-0.1, -0.05) is 0 Å². The highest BCUT2D eigenvalue weighted by Gasteiger charge is 2.22. The van der Waals surface area contributed by atoms with Gasteiger partial charge >= 0.3 is 5.97 Å². The van der Waals surface area contributed by atoms with Gasteiger partial charge in [0, 0.05) is 42.3 Å². The molecule has 0 aromatic carbocycles. The molecule has 0 atom stereocenters. The van der Waals surface area contributed by atoms with Gasteiger partial charge in [-0.05, 0) is 36.5 Å². The minimum Gasteiger partial charge on any atom is -0.478 e. The van der Waals surface area contributed by atoms with Crippen molar-refractivity contribution in [3.05, 3.63) is 42.5 Å². The lowest BCUT2D eigenvalue weighted by atomic mass is 10.1. The van der Waals surface area contributed by atoms with E-state index in [0.29, 0.717) is 0 Å². The third-order valence-electron chi connectivity index (χ3n) is 3.34. The molecule has 2 aromatic heterocycles. The van der Waals surface area contributed by atoms with Crippen LogP contribution in [0, 0.1) is 5.92 Å². The fourth-order valence-electron chi connectivity index (χ4n) is 2.13. The second-order valence-corrected chi connectivity index (χ2v) is 5.03. The summed E-state index contributed by atoms with van der Waals surface area (Å²) < 4.78 is 1.96. The summed E-state index contributed by atoms with van der Waals surface area (Å²) in [5.74, 6) is -0.198. The molecule has 3 rings (SSSR count). The Bertz CT molecular complexity index is 657. The van der Waals surface area contributed by atoms with E-state index in [4.69, 9.17) is 5.11 Å². The van der Waals surface area contributed by atoms with Crippen molar-refractivity contribution in [1.82, 2.24) is 14.8 Å². The number of carboxylic acid groups (broad SMARTS) is 1. The average molecular weight is 269 g/mol. The molecule has 1 aliphatic carbocycles. The van der Waals surface area contributed by atoms with Crippen molar-refractivity contribution in [1.29, 1.82) is 0 Å². The van der Waals surface area contributed by atoms with Crippen LogP contribution in [0.15, 0.2) is 36.9 Å². The maximum Gasteiger partial charge on any atom is 0.328 e. The van der Waals surface area contributed by atoms with Crippen molar-refractivity contribution in [2.24, 2.45) is 5.92 Å². The molecule has 0 unspecified atom stereocenters. The molecular weight excluding hydrogens is 254 g/mol. The SMILES string of the molecule is O=C(O)C=Cc1cnccc1-c1cnn(CC2CC2)c1. The van der Waals surface area contributed by atoms with Gasteiger partial charge < -0.3 is 5.11 Å². The number of rotatable bonds is 5. The van der Waals surface area contributed by atoms with Gasteiger partial charge in [0.15, 0.2) is 0 Å². The van der Waals surface area contributed by atoms with E-state index in [9.17, 15) is 4.79 Å². The van der Waals surface area contributed by atoms with Crippen LogP contribution in [0.3, 0.4) is 0 Å². The topological polar surface area (TPSA) is 68.0 Å². The van der Waals surface area contributed by atoms with Gasteiger partial charge in [-0.25, -0.2) is 4.79 Å². The molecule has 102 valence electrons. The lowest BCUT2D eigenvalue weighted by Gasteiger charge is -2.02. The van der Waals surface area contributed by atoms with Crippen molar-refractivity contribution in [2.75, 3.05) is 0 Å². The minimum atomic E-state index is -0.968. The Balaban J connectivity index is 1.88. The van der Waals surface area contributed by atoms with E-state index in [0.717, 1.165) is 35.2 Å². The van der Waals surface area contributed by atoms with E-state index in [1.165, 1.54) is 12.8 Å². The van der Waals surface area contributed by atoms with E-state index in [-0.39, 0.29) is 0 Å². The number of aromatic nitrogens is 3. The highest BCUT2D eigenvalue weighted by atomic mass is 16.4. The van der Waals surface area contributed by atoms with Crippen LogP contribution >= 0.6 is 0 Å². The van der Waals surface area contributed by atoms with Gasteiger partial charge in [-0.2, -0.15) is 5.10 Å². The lowest BCUT2D eigenvalue weighted by Crippen LogP contribution is -1.99. The molecule has 0 saturated heterocycles. The number of hydrogen-bond acceptors (Lipinski definition) is 3. The van der Waals surface area contributed by atoms with Crippen LogP contribution < -0.4 is 0 Å². The fourth-order valence-corrected chi connectivity index (χ4v) is 2.13. The number of hydrogen-bond donors (Lipinski definition) is 1. The van der Waals surface area contributed by atoms with E-state index in [1.54, 1.807) is 18.5 Å². The van der Waals surface area contributed by atoms with E-state index >= 15 is 0 Å².